The normalized spacial score (nSPS) is 17.6. The van der Waals surface area contributed by atoms with Gasteiger partial charge in [-0.05, 0) is 36.1 Å². The Morgan fingerprint density at radius 2 is 1.88 bits per heavy atom. The highest BCUT2D eigenvalue weighted by atomic mass is 16.5. The quantitative estimate of drug-likeness (QED) is 0.758. The fraction of sp³-hybridized carbons (Fsp3) is 0.188. The van der Waals surface area contributed by atoms with Crippen molar-refractivity contribution in [3.05, 3.63) is 72.1 Å². The maximum Gasteiger partial charge on any atom is 0.123 e. The highest BCUT2D eigenvalue weighted by molar-refractivity contribution is 5.42. The van der Waals surface area contributed by atoms with Gasteiger partial charge in [-0.3, -0.25) is 0 Å². The molecule has 0 N–H and O–H groups in total. The van der Waals surface area contributed by atoms with Crippen LogP contribution in [0.25, 0.3) is 0 Å². The van der Waals surface area contributed by atoms with Crippen molar-refractivity contribution < 1.29 is 4.74 Å². The van der Waals surface area contributed by atoms with E-state index in [1.807, 2.05) is 6.07 Å². The Morgan fingerprint density at radius 3 is 2.71 bits per heavy atom. The molecule has 0 saturated heterocycles. The van der Waals surface area contributed by atoms with Crippen molar-refractivity contribution in [2.75, 3.05) is 0 Å². The van der Waals surface area contributed by atoms with Crippen molar-refractivity contribution in [1.82, 2.24) is 0 Å². The van der Waals surface area contributed by atoms with E-state index in [0.29, 0.717) is 0 Å². The molecule has 0 aliphatic carbocycles. The lowest BCUT2D eigenvalue weighted by Crippen LogP contribution is -2.05. The molecule has 17 heavy (non-hydrogen) atoms. The van der Waals surface area contributed by atoms with E-state index < -0.39 is 0 Å². The van der Waals surface area contributed by atoms with E-state index in [1.165, 1.54) is 16.7 Å². The smallest absolute Gasteiger partial charge is 0.123 e. The van der Waals surface area contributed by atoms with Crippen LogP contribution in [0.15, 0.2) is 48.5 Å². The van der Waals surface area contributed by atoms with Gasteiger partial charge in [-0.25, -0.2) is 0 Å². The van der Waals surface area contributed by atoms with Crippen LogP contribution >= 0.6 is 0 Å². The molecule has 1 unspecified atom stereocenters. The van der Waals surface area contributed by atoms with Gasteiger partial charge < -0.3 is 4.74 Å². The molecule has 1 radical (unpaired) electrons. The van der Waals surface area contributed by atoms with Crippen LogP contribution in [0, 0.1) is 6.92 Å². The summed E-state index contributed by atoms with van der Waals surface area (Å²) in [5, 5.41) is 0. The van der Waals surface area contributed by atoms with E-state index in [0.717, 1.165) is 18.6 Å². The van der Waals surface area contributed by atoms with Crippen LogP contribution in [0.2, 0.25) is 0 Å². The predicted molar refractivity (Wildman–Crippen MR) is 69.2 cm³/mol. The molecule has 1 heteroatoms. The van der Waals surface area contributed by atoms with Crippen LogP contribution in [-0.2, 0) is 12.8 Å². The standard InChI is InChI=1S/C16H15O/c1-12-9-15-11-14(7-8-16(15)17-12)10-13-5-3-2-4-6-13/h2-8,11-12H,1,9-10H2. The second kappa shape index (κ2) is 4.25. The molecule has 0 fully saturated rings. The van der Waals surface area contributed by atoms with E-state index in [2.05, 4.69) is 49.4 Å². The maximum absolute atomic E-state index is 5.60. The molecule has 2 aromatic rings. The van der Waals surface area contributed by atoms with Gasteiger partial charge in [0.1, 0.15) is 11.9 Å². The van der Waals surface area contributed by atoms with Crippen molar-refractivity contribution in [2.45, 2.75) is 18.9 Å². The van der Waals surface area contributed by atoms with Gasteiger partial charge in [0.25, 0.3) is 0 Å². The minimum Gasteiger partial charge on any atom is -0.490 e. The Kier molecular flexibility index (Phi) is 2.60. The van der Waals surface area contributed by atoms with Crippen molar-refractivity contribution in [1.29, 1.82) is 0 Å². The van der Waals surface area contributed by atoms with Crippen molar-refractivity contribution in [2.24, 2.45) is 0 Å². The second-order valence-corrected chi connectivity index (χ2v) is 4.55. The summed E-state index contributed by atoms with van der Waals surface area (Å²) in [6.45, 7) is 3.94. The lowest BCUT2D eigenvalue weighted by atomic mass is 10.0. The van der Waals surface area contributed by atoms with Crippen molar-refractivity contribution in [3.8, 4) is 5.75 Å². The molecule has 0 aromatic heterocycles. The highest BCUT2D eigenvalue weighted by Gasteiger charge is 2.18. The Morgan fingerprint density at radius 1 is 1.06 bits per heavy atom. The average molecular weight is 223 g/mol. The second-order valence-electron chi connectivity index (χ2n) is 4.55. The lowest BCUT2D eigenvalue weighted by Gasteiger charge is -2.04. The molecule has 0 bridgehead atoms. The van der Waals surface area contributed by atoms with Crippen LogP contribution < -0.4 is 4.74 Å². The molecule has 0 spiro atoms. The zero-order valence-corrected chi connectivity index (χ0v) is 9.73. The van der Waals surface area contributed by atoms with E-state index in [4.69, 9.17) is 4.74 Å². The van der Waals surface area contributed by atoms with Crippen molar-refractivity contribution in [3.63, 3.8) is 0 Å². The highest BCUT2D eigenvalue weighted by Crippen LogP contribution is 2.29. The van der Waals surface area contributed by atoms with Gasteiger partial charge in [0.2, 0.25) is 0 Å². The zero-order chi connectivity index (χ0) is 11.7. The molecule has 1 aliphatic rings. The summed E-state index contributed by atoms with van der Waals surface area (Å²) < 4.78 is 5.60. The first kappa shape index (κ1) is 10.4. The third kappa shape index (κ3) is 2.19. The van der Waals surface area contributed by atoms with Crippen LogP contribution in [0.1, 0.15) is 16.7 Å². The van der Waals surface area contributed by atoms with Crippen LogP contribution in [0.3, 0.4) is 0 Å². The topological polar surface area (TPSA) is 9.23 Å². The first-order chi connectivity index (χ1) is 8.31. The molecule has 0 saturated carbocycles. The summed E-state index contributed by atoms with van der Waals surface area (Å²) in [5.41, 5.74) is 3.98. The molecule has 0 amide bonds. The summed E-state index contributed by atoms with van der Waals surface area (Å²) in [4.78, 5) is 0. The molecule has 1 nitrogen and oxygen atoms in total. The van der Waals surface area contributed by atoms with Crippen LogP contribution in [0.4, 0.5) is 0 Å². The van der Waals surface area contributed by atoms with Crippen LogP contribution in [-0.4, -0.2) is 6.10 Å². The van der Waals surface area contributed by atoms with Crippen LogP contribution in [0.5, 0.6) is 5.75 Å². The van der Waals surface area contributed by atoms with E-state index >= 15 is 0 Å². The summed E-state index contributed by atoms with van der Waals surface area (Å²) in [5.74, 6) is 1.00. The molecule has 1 aliphatic heterocycles. The fourth-order valence-electron chi connectivity index (χ4n) is 2.32. The van der Waals surface area contributed by atoms with E-state index in [1.54, 1.807) is 0 Å². The number of ether oxygens (including phenoxy) is 1. The summed E-state index contributed by atoms with van der Waals surface area (Å²) >= 11 is 0. The van der Waals surface area contributed by atoms with Gasteiger partial charge in [-0.1, -0.05) is 42.5 Å². The Balaban J connectivity index is 1.84. The Hall–Kier alpha value is -1.76. The summed E-state index contributed by atoms with van der Waals surface area (Å²) in [6, 6.07) is 17.0. The number of fused-ring (bicyclic) bond motifs is 1. The van der Waals surface area contributed by atoms with Gasteiger partial charge in [0.05, 0.1) is 0 Å². The number of rotatable bonds is 2. The fourth-order valence-corrected chi connectivity index (χ4v) is 2.32. The third-order valence-electron chi connectivity index (χ3n) is 3.12. The average Bonchev–Trinajstić information content (AvgIpc) is 2.70. The van der Waals surface area contributed by atoms with Gasteiger partial charge in [-0.15, -0.1) is 0 Å². The Labute approximate surface area is 102 Å². The molecule has 1 atom stereocenters. The van der Waals surface area contributed by atoms with Gasteiger partial charge in [0, 0.05) is 6.42 Å². The minimum absolute atomic E-state index is 0.0805. The first-order valence-electron chi connectivity index (χ1n) is 5.97. The van der Waals surface area contributed by atoms with Gasteiger partial charge in [0.15, 0.2) is 0 Å². The first-order valence-corrected chi connectivity index (χ1v) is 5.97. The Bertz CT molecular complexity index is 516. The molecular weight excluding hydrogens is 208 g/mol. The van der Waals surface area contributed by atoms with Gasteiger partial charge >= 0.3 is 0 Å². The number of hydrogen-bond acceptors (Lipinski definition) is 1. The molecule has 1 heterocycles. The molecular formula is C16H15O. The molecule has 2 aromatic carbocycles. The molecule has 85 valence electrons. The third-order valence-corrected chi connectivity index (χ3v) is 3.12. The number of benzene rings is 2. The van der Waals surface area contributed by atoms with Crippen molar-refractivity contribution >= 4 is 0 Å². The lowest BCUT2D eigenvalue weighted by molar-refractivity contribution is 0.281. The van der Waals surface area contributed by atoms with Gasteiger partial charge in [-0.2, -0.15) is 0 Å². The zero-order valence-electron chi connectivity index (χ0n) is 9.73. The monoisotopic (exact) mass is 223 g/mol. The largest absolute Gasteiger partial charge is 0.490 e. The molecule has 3 rings (SSSR count). The number of hydrogen-bond donors (Lipinski definition) is 0. The SMILES string of the molecule is [CH2]C1Cc2cc(Cc3ccccc3)ccc2O1. The van der Waals surface area contributed by atoms with E-state index in [-0.39, 0.29) is 6.10 Å². The minimum atomic E-state index is 0.0805. The maximum atomic E-state index is 5.60. The summed E-state index contributed by atoms with van der Waals surface area (Å²) in [6.07, 6.45) is 1.99. The predicted octanol–water partition coefficient (Wildman–Crippen LogP) is 3.41. The summed E-state index contributed by atoms with van der Waals surface area (Å²) in [7, 11) is 0. The van der Waals surface area contributed by atoms with E-state index in [9.17, 15) is 0 Å².